The van der Waals surface area contributed by atoms with E-state index in [0.29, 0.717) is 22.0 Å². The number of benzene rings is 2. The summed E-state index contributed by atoms with van der Waals surface area (Å²) in [5.74, 6) is 0.199. The second-order valence-electron chi connectivity index (χ2n) is 7.05. The molecule has 0 bridgehead atoms. The zero-order valence-corrected chi connectivity index (χ0v) is 18.3. The van der Waals surface area contributed by atoms with E-state index in [4.69, 9.17) is 5.26 Å². The molecule has 0 radical (unpaired) electrons. The first kappa shape index (κ1) is 21.2. The molecule has 0 unspecified atom stereocenters. The van der Waals surface area contributed by atoms with E-state index in [0.717, 1.165) is 28.6 Å². The van der Waals surface area contributed by atoms with Crippen LogP contribution in [0, 0.1) is 11.3 Å². The minimum atomic E-state index is -0.172. The lowest BCUT2D eigenvalue weighted by Crippen LogP contribution is -2.25. The van der Waals surface area contributed by atoms with Crippen LogP contribution in [0.1, 0.15) is 23.2 Å². The van der Waals surface area contributed by atoms with Crippen molar-refractivity contribution in [2.24, 2.45) is 0 Å². The molecular weight excluding hydrogens is 428 g/mol. The highest BCUT2D eigenvalue weighted by atomic mass is 32.2. The van der Waals surface area contributed by atoms with Crippen LogP contribution in [-0.2, 0) is 4.79 Å². The molecule has 8 heteroatoms. The minimum absolute atomic E-state index is 0.101. The molecule has 2 amide bonds. The van der Waals surface area contributed by atoms with Crippen molar-refractivity contribution in [1.29, 1.82) is 5.26 Å². The Morgan fingerprint density at radius 1 is 1.10 bits per heavy atom. The molecule has 0 spiro atoms. The quantitative estimate of drug-likeness (QED) is 0.494. The van der Waals surface area contributed by atoms with Gasteiger partial charge in [-0.1, -0.05) is 42.1 Å². The number of carbonyl (C=O) groups excluding carboxylic acids is 2. The van der Waals surface area contributed by atoms with Crippen molar-refractivity contribution >= 4 is 51.9 Å². The Bertz CT molecular complexity index is 1170. The number of pyridine rings is 1. The van der Waals surface area contributed by atoms with Gasteiger partial charge in [0.05, 0.1) is 39.4 Å². The second kappa shape index (κ2) is 9.86. The Morgan fingerprint density at radius 3 is 2.68 bits per heavy atom. The van der Waals surface area contributed by atoms with Crippen molar-refractivity contribution in [3.8, 4) is 6.07 Å². The van der Waals surface area contributed by atoms with Crippen LogP contribution in [0.25, 0.3) is 10.9 Å². The molecule has 31 heavy (non-hydrogen) atoms. The maximum Gasteiger partial charge on any atom is 0.252 e. The topological polar surface area (TPSA) is 94.9 Å². The molecule has 0 atom stereocenters. The van der Waals surface area contributed by atoms with Gasteiger partial charge >= 0.3 is 0 Å². The van der Waals surface area contributed by atoms with E-state index < -0.39 is 0 Å². The number of fused-ring (bicyclic) bond motifs is 1. The number of nitriles is 1. The third kappa shape index (κ3) is 5.57. The lowest BCUT2D eigenvalue weighted by atomic mass is 10.1. The molecule has 1 aliphatic rings. The average Bonchev–Trinajstić information content (AvgIpc) is 3.60. The van der Waals surface area contributed by atoms with Gasteiger partial charge in [0, 0.05) is 16.3 Å². The zero-order valence-electron chi connectivity index (χ0n) is 16.6. The van der Waals surface area contributed by atoms with Gasteiger partial charge < -0.3 is 10.6 Å². The fourth-order valence-electron chi connectivity index (χ4n) is 3.04. The first-order valence-corrected chi connectivity index (χ1v) is 11.8. The lowest BCUT2D eigenvalue weighted by molar-refractivity contribution is -0.113. The van der Waals surface area contributed by atoms with Crippen LogP contribution in [0.15, 0.2) is 64.5 Å². The van der Waals surface area contributed by atoms with Crippen LogP contribution in [-0.4, -0.2) is 34.3 Å². The van der Waals surface area contributed by atoms with Crippen molar-refractivity contribution in [1.82, 2.24) is 10.3 Å². The number of amides is 2. The second-order valence-corrected chi connectivity index (χ2v) is 9.07. The fraction of sp³-hybridized carbons (Fsp3) is 0.217. The Labute approximate surface area is 188 Å². The maximum atomic E-state index is 12.7. The van der Waals surface area contributed by atoms with E-state index in [1.165, 1.54) is 23.5 Å². The summed E-state index contributed by atoms with van der Waals surface area (Å²) < 4.78 is 0. The largest absolute Gasteiger partial charge is 0.349 e. The number of nitrogens with zero attached hydrogens (tertiary/aromatic N) is 2. The van der Waals surface area contributed by atoms with Gasteiger partial charge in [0.25, 0.3) is 5.91 Å². The van der Waals surface area contributed by atoms with Crippen LogP contribution in [0.3, 0.4) is 0 Å². The number of thioether (sulfide) groups is 2. The summed E-state index contributed by atoms with van der Waals surface area (Å²) in [6.45, 7) is 0. The Kier molecular flexibility index (Phi) is 6.75. The zero-order chi connectivity index (χ0) is 21.6. The summed E-state index contributed by atoms with van der Waals surface area (Å²) in [7, 11) is 0. The number of hydrogen-bond acceptors (Lipinski definition) is 6. The molecule has 1 aliphatic carbocycles. The molecule has 6 nitrogen and oxygen atoms in total. The molecule has 3 aromatic rings. The Morgan fingerprint density at radius 2 is 1.87 bits per heavy atom. The highest BCUT2D eigenvalue weighted by Crippen LogP contribution is 2.28. The number of rotatable bonds is 8. The monoisotopic (exact) mass is 448 g/mol. The highest BCUT2D eigenvalue weighted by molar-refractivity contribution is 8.00. The average molecular weight is 449 g/mol. The van der Waals surface area contributed by atoms with Gasteiger partial charge in [0.2, 0.25) is 5.91 Å². The summed E-state index contributed by atoms with van der Waals surface area (Å²) in [6.07, 6.45) is 2.04. The molecule has 0 aliphatic heterocycles. The van der Waals surface area contributed by atoms with E-state index in [2.05, 4.69) is 21.7 Å². The predicted octanol–water partition coefficient (Wildman–Crippen LogP) is 4.47. The van der Waals surface area contributed by atoms with Crippen LogP contribution in [0.4, 0.5) is 5.69 Å². The van der Waals surface area contributed by atoms with E-state index in [9.17, 15) is 9.59 Å². The van der Waals surface area contributed by atoms with Crippen LogP contribution in [0.5, 0.6) is 0 Å². The summed E-state index contributed by atoms with van der Waals surface area (Å²) >= 11 is 2.67. The van der Waals surface area contributed by atoms with Gasteiger partial charge in [0.1, 0.15) is 0 Å². The summed E-state index contributed by atoms with van der Waals surface area (Å²) in [5, 5.41) is 16.2. The number of anilines is 1. The van der Waals surface area contributed by atoms with Gasteiger partial charge in [-0.05, 0) is 37.1 Å². The fourth-order valence-corrected chi connectivity index (χ4v) is 4.42. The summed E-state index contributed by atoms with van der Waals surface area (Å²) in [5.41, 5.74) is 2.00. The number of nitrogens with one attached hydrogen (secondary N) is 2. The summed E-state index contributed by atoms with van der Waals surface area (Å²) in [6, 6.07) is 19.1. The van der Waals surface area contributed by atoms with Crippen LogP contribution in [0.2, 0.25) is 0 Å². The minimum Gasteiger partial charge on any atom is -0.349 e. The molecular formula is C23H20N4O2S2. The van der Waals surface area contributed by atoms with E-state index >= 15 is 0 Å². The van der Waals surface area contributed by atoms with Crippen molar-refractivity contribution in [2.45, 2.75) is 28.8 Å². The van der Waals surface area contributed by atoms with Gasteiger partial charge in [0.15, 0.2) is 0 Å². The van der Waals surface area contributed by atoms with Crippen molar-refractivity contribution in [3.63, 3.8) is 0 Å². The van der Waals surface area contributed by atoms with Crippen molar-refractivity contribution in [2.75, 3.05) is 16.8 Å². The smallest absolute Gasteiger partial charge is 0.252 e. The molecule has 1 saturated carbocycles. The number of para-hydroxylation sites is 2. The third-order valence-corrected chi connectivity index (χ3v) is 6.51. The molecule has 2 N–H and O–H groups in total. The number of hydrogen-bond donors (Lipinski definition) is 2. The molecule has 1 aromatic heterocycles. The summed E-state index contributed by atoms with van der Waals surface area (Å²) in [4.78, 5) is 30.7. The molecule has 0 saturated heterocycles. The molecule has 156 valence electrons. The van der Waals surface area contributed by atoms with E-state index in [1.54, 1.807) is 6.07 Å². The SMILES string of the molecule is N#CCSc1ccccc1NC(=O)CSc1cc(C(=O)NC2CC2)c2ccccc2n1. The predicted molar refractivity (Wildman–Crippen MR) is 124 cm³/mol. The molecule has 4 rings (SSSR count). The molecule has 1 fully saturated rings. The van der Waals surface area contributed by atoms with Gasteiger partial charge in [-0.2, -0.15) is 5.26 Å². The van der Waals surface area contributed by atoms with Gasteiger partial charge in [-0.25, -0.2) is 4.98 Å². The standard InChI is InChI=1S/C23H20N4O2S2/c24-11-12-30-20-8-4-3-7-19(20)26-21(28)14-31-22-13-17(23(29)25-15-9-10-15)16-5-1-2-6-18(16)27-22/h1-8,13,15H,9-10,12,14H2,(H,25,29)(H,26,28). The van der Waals surface area contributed by atoms with Gasteiger partial charge in [-0.15, -0.1) is 11.8 Å². The van der Waals surface area contributed by atoms with Crippen molar-refractivity contribution < 1.29 is 9.59 Å². The highest BCUT2D eigenvalue weighted by Gasteiger charge is 2.25. The van der Waals surface area contributed by atoms with E-state index in [-0.39, 0.29) is 23.6 Å². The van der Waals surface area contributed by atoms with Crippen molar-refractivity contribution in [3.05, 3.63) is 60.2 Å². The first-order valence-electron chi connectivity index (χ1n) is 9.86. The maximum absolute atomic E-state index is 12.7. The van der Waals surface area contributed by atoms with E-state index in [1.807, 2.05) is 48.5 Å². The Hall–Kier alpha value is -3.02. The van der Waals surface area contributed by atoms with Gasteiger partial charge in [-0.3, -0.25) is 9.59 Å². The number of aromatic nitrogens is 1. The first-order chi connectivity index (χ1) is 15.1. The molecule has 1 heterocycles. The van der Waals surface area contributed by atoms with Crippen LogP contribution < -0.4 is 10.6 Å². The normalized spacial score (nSPS) is 12.9. The lowest BCUT2D eigenvalue weighted by Gasteiger charge is -2.11. The molecule has 2 aromatic carbocycles. The Balaban J connectivity index is 1.47. The third-order valence-electron chi connectivity index (χ3n) is 4.65. The van der Waals surface area contributed by atoms with Crippen LogP contribution >= 0.6 is 23.5 Å². The number of carbonyl (C=O) groups is 2.